The maximum atomic E-state index is 10.5. The van der Waals surface area contributed by atoms with E-state index in [9.17, 15) is 4.79 Å². The molecule has 0 spiro atoms. The zero-order valence-corrected chi connectivity index (χ0v) is 5.98. The van der Waals surface area contributed by atoms with Crippen molar-refractivity contribution < 1.29 is 9.90 Å². The fraction of sp³-hybridized carbons (Fsp3) is 0. The summed E-state index contributed by atoms with van der Waals surface area (Å²) in [6, 6.07) is 1.45. The van der Waals surface area contributed by atoms with Crippen LogP contribution in [-0.2, 0) is 0 Å². The number of pyridine rings is 1. The minimum atomic E-state index is -1.00. The molecule has 2 aliphatic rings. The molecule has 0 bridgehead atoms. The fourth-order valence-corrected chi connectivity index (χ4v) is 0.956. The highest BCUT2D eigenvalue weighted by Gasteiger charge is 2.09. The Morgan fingerprint density at radius 3 is 2.92 bits per heavy atom. The maximum Gasteiger partial charge on any atom is 0.352 e. The first-order valence-electron chi connectivity index (χ1n) is 3.30. The Morgan fingerprint density at radius 1 is 1.42 bits per heavy atom. The third-order valence-corrected chi connectivity index (χ3v) is 1.53. The van der Waals surface area contributed by atoms with Crippen LogP contribution in [0.4, 0.5) is 0 Å². The molecule has 5 heteroatoms. The number of aromatic amines is 1. The van der Waals surface area contributed by atoms with Gasteiger partial charge in [0, 0.05) is 6.20 Å². The number of aromatic nitrogens is 3. The number of fused-ring (bicyclic) bond motifs is 1. The van der Waals surface area contributed by atoms with Gasteiger partial charge in [-0.1, -0.05) is 0 Å². The second-order valence-electron chi connectivity index (χ2n) is 2.30. The SMILES string of the molecule is O=C(O)c1cc2ncnc-2c[nH]1. The number of carboxylic acids is 1. The molecular formula is C7H5N3O2. The second-order valence-corrected chi connectivity index (χ2v) is 2.30. The first kappa shape index (κ1) is 6.78. The summed E-state index contributed by atoms with van der Waals surface area (Å²) in [6.07, 6.45) is 2.91. The number of nitrogens with zero attached hydrogens (tertiary/aromatic N) is 2. The number of hydrogen-bond acceptors (Lipinski definition) is 3. The molecule has 0 radical (unpaired) electrons. The van der Waals surface area contributed by atoms with Gasteiger partial charge in [0.05, 0.1) is 5.69 Å². The molecule has 0 saturated heterocycles. The average molecular weight is 163 g/mol. The van der Waals surface area contributed by atoms with Gasteiger partial charge in [-0.3, -0.25) is 0 Å². The highest BCUT2D eigenvalue weighted by Crippen LogP contribution is 2.15. The van der Waals surface area contributed by atoms with Crippen molar-refractivity contribution in [2.24, 2.45) is 0 Å². The van der Waals surface area contributed by atoms with E-state index in [1.54, 1.807) is 0 Å². The van der Waals surface area contributed by atoms with E-state index >= 15 is 0 Å². The molecule has 0 aliphatic carbocycles. The van der Waals surface area contributed by atoms with E-state index in [1.807, 2.05) is 0 Å². The summed E-state index contributed by atoms with van der Waals surface area (Å²) in [6.45, 7) is 0. The Balaban J connectivity index is 2.62. The van der Waals surface area contributed by atoms with Crippen molar-refractivity contribution >= 4 is 5.97 Å². The van der Waals surface area contributed by atoms with Crippen molar-refractivity contribution in [2.45, 2.75) is 0 Å². The lowest BCUT2D eigenvalue weighted by Crippen LogP contribution is -2.00. The van der Waals surface area contributed by atoms with E-state index in [-0.39, 0.29) is 5.69 Å². The Bertz CT molecular complexity index is 396. The lowest BCUT2D eigenvalue weighted by Gasteiger charge is -1.97. The van der Waals surface area contributed by atoms with E-state index in [0.29, 0.717) is 11.4 Å². The fourth-order valence-electron chi connectivity index (χ4n) is 0.956. The molecule has 5 nitrogen and oxygen atoms in total. The van der Waals surface area contributed by atoms with E-state index in [2.05, 4.69) is 15.0 Å². The maximum absolute atomic E-state index is 10.5. The molecule has 2 N–H and O–H groups in total. The molecule has 0 fully saturated rings. The van der Waals surface area contributed by atoms with Crippen LogP contribution in [-0.4, -0.2) is 26.0 Å². The summed E-state index contributed by atoms with van der Waals surface area (Å²) >= 11 is 0. The van der Waals surface area contributed by atoms with E-state index in [4.69, 9.17) is 5.11 Å². The van der Waals surface area contributed by atoms with Crippen molar-refractivity contribution in [3.63, 3.8) is 0 Å². The number of aromatic carboxylic acids is 1. The summed E-state index contributed by atoms with van der Waals surface area (Å²) in [5, 5.41) is 8.60. The summed E-state index contributed by atoms with van der Waals surface area (Å²) in [5.74, 6) is -1.00. The van der Waals surface area contributed by atoms with Crippen LogP contribution >= 0.6 is 0 Å². The summed E-state index contributed by atoms with van der Waals surface area (Å²) in [4.78, 5) is 20.8. The van der Waals surface area contributed by atoms with Gasteiger partial charge in [-0.2, -0.15) is 0 Å². The number of rotatable bonds is 1. The number of carbonyl (C=O) groups is 1. The van der Waals surface area contributed by atoms with Gasteiger partial charge in [0.15, 0.2) is 0 Å². The number of nitrogens with one attached hydrogen (secondary N) is 1. The Labute approximate surface area is 67.4 Å². The van der Waals surface area contributed by atoms with E-state index < -0.39 is 5.97 Å². The van der Waals surface area contributed by atoms with Crippen molar-refractivity contribution in [1.82, 2.24) is 15.0 Å². The molecular weight excluding hydrogens is 158 g/mol. The average Bonchev–Trinajstić information content (AvgIpc) is 2.49. The minimum absolute atomic E-state index is 0.114. The van der Waals surface area contributed by atoms with Crippen LogP contribution in [0.25, 0.3) is 11.4 Å². The molecule has 0 saturated carbocycles. The lowest BCUT2D eigenvalue weighted by molar-refractivity contribution is 0.0690. The van der Waals surface area contributed by atoms with Crippen molar-refractivity contribution in [3.8, 4) is 11.4 Å². The van der Waals surface area contributed by atoms with Gasteiger partial charge in [-0.25, -0.2) is 14.8 Å². The summed E-state index contributed by atoms with van der Waals surface area (Å²) in [7, 11) is 0. The zero-order chi connectivity index (χ0) is 8.55. The third kappa shape index (κ3) is 0.914. The van der Waals surface area contributed by atoms with Gasteiger partial charge < -0.3 is 10.1 Å². The molecule has 2 rings (SSSR count). The monoisotopic (exact) mass is 163 g/mol. The standard InChI is InChI=1S/C7H5N3O2/c11-7(12)5-1-4-6(2-8-5)10-3-9-4/h1-3,8H,(H,11,12). The molecule has 0 atom stereocenters. The first-order valence-corrected chi connectivity index (χ1v) is 3.30. The Kier molecular flexibility index (Phi) is 1.30. The molecule has 60 valence electrons. The van der Waals surface area contributed by atoms with Crippen molar-refractivity contribution in [3.05, 3.63) is 24.3 Å². The van der Waals surface area contributed by atoms with Crippen LogP contribution in [0.3, 0.4) is 0 Å². The van der Waals surface area contributed by atoms with Crippen LogP contribution < -0.4 is 0 Å². The van der Waals surface area contributed by atoms with Gasteiger partial charge >= 0.3 is 5.97 Å². The van der Waals surface area contributed by atoms with Gasteiger partial charge in [-0.05, 0) is 6.07 Å². The van der Waals surface area contributed by atoms with Crippen LogP contribution in [0.2, 0.25) is 0 Å². The van der Waals surface area contributed by atoms with Crippen LogP contribution in [0.1, 0.15) is 10.5 Å². The third-order valence-electron chi connectivity index (χ3n) is 1.53. The largest absolute Gasteiger partial charge is 0.477 e. The van der Waals surface area contributed by atoms with Crippen molar-refractivity contribution in [2.75, 3.05) is 0 Å². The molecule has 0 aromatic carbocycles. The Hall–Kier alpha value is -1.91. The van der Waals surface area contributed by atoms with Gasteiger partial charge in [-0.15, -0.1) is 0 Å². The lowest BCUT2D eigenvalue weighted by atomic mass is 10.2. The first-order chi connectivity index (χ1) is 5.77. The number of H-pyrrole nitrogens is 1. The van der Waals surface area contributed by atoms with Gasteiger partial charge in [0.1, 0.15) is 17.7 Å². The molecule has 2 heterocycles. The summed E-state index contributed by atoms with van der Waals surface area (Å²) in [5.41, 5.74) is 1.37. The second kappa shape index (κ2) is 2.30. The minimum Gasteiger partial charge on any atom is -0.477 e. The molecule has 12 heavy (non-hydrogen) atoms. The van der Waals surface area contributed by atoms with E-state index in [0.717, 1.165) is 0 Å². The smallest absolute Gasteiger partial charge is 0.352 e. The normalized spacial score (nSPS) is 10.3. The van der Waals surface area contributed by atoms with Gasteiger partial charge in [0.2, 0.25) is 0 Å². The summed E-state index contributed by atoms with van der Waals surface area (Å²) < 4.78 is 0. The zero-order valence-electron chi connectivity index (χ0n) is 5.98. The Morgan fingerprint density at radius 2 is 2.17 bits per heavy atom. The highest BCUT2D eigenvalue weighted by atomic mass is 16.4. The van der Waals surface area contributed by atoms with E-state index in [1.165, 1.54) is 18.6 Å². The number of imidazole rings is 1. The molecule has 0 aromatic heterocycles. The number of carboxylic acid groups (broad SMARTS) is 1. The van der Waals surface area contributed by atoms with Crippen LogP contribution in [0.15, 0.2) is 18.6 Å². The van der Waals surface area contributed by atoms with Gasteiger partial charge in [0.25, 0.3) is 0 Å². The molecule has 0 aromatic rings. The predicted molar refractivity (Wildman–Crippen MR) is 40.0 cm³/mol. The topological polar surface area (TPSA) is 78.9 Å². The quantitative estimate of drug-likeness (QED) is 0.645. The van der Waals surface area contributed by atoms with Crippen LogP contribution in [0.5, 0.6) is 0 Å². The molecule has 0 amide bonds. The van der Waals surface area contributed by atoms with Crippen LogP contribution in [0, 0.1) is 0 Å². The molecule has 2 aliphatic heterocycles. The highest BCUT2D eigenvalue weighted by molar-refractivity contribution is 5.86. The van der Waals surface area contributed by atoms with Crippen molar-refractivity contribution in [1.29, 1.82) is 0 Å². The predicted octanol–water partition coefficient (Wildman–Crippen LogP) is 0.608. The number of hydrogen-bond donors (Lipinski definition) is 2. The molecule has 0 unspecified atom stereocenters.